The molecule has 0 radical (unpaired) electrons. The Morgan fingerprint density at radius 3 is 2.60 bits per heavy atom. The number of methoxy groups -OCH3 is 1. The molecule has 0 fully saturated rings. The lowest BCUT2D eigenvalue weighted by Crippen LogP contribution is -2.14. The molecule has 0 aromatic heterocycles. The van der Waals surface area contributed by atoms with Crippen molar-refractivity contribution in [2.24, 2.45) is 0 Å². The predicted octanol–water partition coefficient (Wildman–Crippen LogP) is 3.83. The van der Waals surface area contributed by atoms with Gasteiger partial charge >= 0.3 is 0 Å². The maximum atomic E-state index is 13.6. The summed E-state index contributed by atoms with van der Waals surface area (Å²) in [6.45, 7) is 0. The summed E-state index contributed by atoms with van der Waals surface area (Å²) >= 11 is 1.85. The Kier molecular flexibility index (Phi) is 4.53. The average molecular weight is 389 g/mol. The lowest BCUT2D eigenvalue weighted by molar-refractivity contribution is 0.102. The third kappa shape index (κ3) is 3.24. The molecule has 0 unspecified atom stereocenters. The lowest BCUT2D eigenvalue weighted by atomic mass is 10.2. The molecule has 0 atom stereocenters. The van der Waals surface area contributed by atoms with Gasteiger partial charge in [0.05, 0.1) is 18.4 Å². The second-order valence-corrected chi connectivity index (χ2v) is 5.09. The van der Waals surface area contributed by atoms with Crippen LogP contribution in [-0.2, 0) is 0 Å². The smallest absolute Gasteiger partial charge is 0.256 e. The monoisotopic (exact) mass is 389 g/mol. The summed E-state index contributed by atoms with van der Waals surface area (Å²) in [5.41, 5.74) is 0.281. The number of carbonyl (C=O) groups is 1. The number of rotatable bonds is 3. The summed E-state index contributed by atoms with van der Waals surface area (Å²) in [4.78, 5) is 12.1. The molecule has 2 rings (SSSR count). The molecule has 6 heteroatoms. The Balaban J connectivity index is 2.27. The quantitative estimate of drug-likeness (QED) is 0.811. The normalized spacial score (nSPS) is 10.2. The van der Waals surface area contributed by atoms with E-state index in [0.717, 1.165) is 0 Å². The molecular formula is C14H10F2INO2. The predicted molar refractivity (Wildman–Crippen MR) is 80.0 cm³/mol. The van der Waals surface area contributed by atoms with Crippen molar-refractivity contribution >= 4 is 34.2 Å². The van der Waals surface area contributed by atoms with Gasteiger partial charge in [-0.2, -0.15) is 0 Å². The number of nitrogens with one attached hydrogen (secondary N) is 1. The van der Waals surface area contributed by atoms with Crippen molar-refractivity contribution in [2.45, 2.75) is 0 Å². The Hall–Kier alpha value is -1.70. The van der Waals surface area contributed by atoms with E-state index in [0.29, 0.717) is 9.32 Å². The molecule has 0 aliphatic carbocycles. The maximum absolute atomic E-state index is 13.6. The van der Waals surface area contributed by atoms with Gasteiger partial charge in [0.1, 0.15) is 17.4 Å². The molecule has 1 N–H and O–H groups in total. The van der Waals surface area contributed by atoms with E-state index in [2.05, 4.69) is 5.32 Å². The molecule has 0 spiro atoms. The zero-order valence-corrected chi connectivity index (χ0v) is 12.6. The summed E-state index contributed by atoms with van der Waals surface area (Å²) in [7, 11) is 1.45. The van der Waals surface area contributed by atoms with Crippen LogP contribution in [0.3, 0.4) is 0 Å². The number of amides is 1. The summed E-state index contributed by atoms with van der Waals surface area (Å²) < 4.78 is 32.0. The topological polar surface area (TPSA) is 38.3 Å². The number of benzene rings is 2. The first-order valence-corrected chi connectivity index (χ1v) is 6.69. The Labute approximate surface area is 128 Å². The summed E-state index contributed by atoms with van der Waals surface area (Å²) in [5, 5.41) is 2.44. The molecule has 3 nitrogen and oxygen atoms in total. The second kappa shape index (κ2) is 6.17. The van der Waals surface area contributed by atoms with Crippen LogP contribution in [0, 0.1) is 15.2 Å². The fraction of sp³-hybridized carbons (Fsp3) is 0.0714. The van der Waals surface area contributed by atoms with Gasteiger partial charge in [-0.25, -0.2) is 8.78 Å². The first kappa shape index (κ1) is 14.7. The minimum atomic E-state index is -0.573. The van der Waals surface area contributed by atoms with Gasteiger partial charge in [0.25, 0.3) is 5.91 Å². The summed E-state index contributed by atoms with van der Waals surface area (Å²) in [6.07, 6.45) is 0. The summed E-state index contributed by atoms with van der Waals surface area (Å²) in [5.74, 6) is -1.09. The molecule has 0 aliphatic rings. The Morgan fingerprint density at radius 1 is 1.20 bits per heavy atom. The van der Waals surface area contributed by atoms with Crippen molar-refractivity contribution < 1.29 is 18.3 Å². The number of hydrogen-bond donors (Lipinski definition) is 1. The van der Waals surface area contributed by atoms with E-state index < -0.39 is 17.5 Å². The highest BCUT2D eigenvalue weighted by Crippen LogP contribution is 2.22. The van der Waals surface area contributed by atoms with E-state index in [1.54, 1.807) is 0 Å². The molecular weight excluding hydrogens is 379 g/mol. The van der Waals surface area contributed by atoms with Gasteiger partial charge in [0, 0.05) is 9.64 Å². The number of hydrogen-bond acceptors (Lipinski definition) is 2. The maximum Gasteiger partial charge on any atom is 0.256 e. The van der Waals surface area contributed by atoms with Crippen molar-refractivity contribution in [1.82, 2.24) is 0 Å². The standard InChI is InChI=1S/C14H10F2INO2/c1-20-9-3-5-11(16)13(7-9)18-14(19)10-4-2-8(15)6-12(10)17/h2-7H,1H3,(H,18,19). The molecule has 2 aromatic rings. The highest BCUT2D eigenvalue weighted by molar-refractivity contribution is 14.1. The van der Waals surface area contributed by atoms with Gasteiger partial charge in [-0.05, 0) is 52.9 Å². The van der Waals surface area contributed by atoms with Crippen LogP contribution in [0.4, 0.5) is 14.5 Å². The van der Waals surface area contributed by atoms with E-state index in [4.69, 9.17) is 4.74 Å². The minimum absolute atomic E-state index is 0.00877. The van der Waals surface area contributed by atoms with E-state index in [1.807, 2.05) is 22.6 Å². The van der Waals surface area contributed by atoms with Crippen LogP contribution in [0.25, 0.3) is 0 Å². The van der Waals surface area contributed by atoms with Crippen LogP contribution in [0.15, 0.2) is 36.4 Å². The third-order valence-corrected chi connectivity index (χ3v) is 3.49. The molecule has 1 amide bonds. The molecule has 0 saturated carbocycles. The zero-order valence-electron chi connectivity index (χ0n) is 10.4. The number of anilines is 1. The minimum Gasteiger partial charge on any atom is -0.497 e. The summed E-state index contributed by atoms with van der Waals surface area (Å²) in [6, 6.07) is 7.79. The molecule has 20 heavy (non-hydrogen) atoms. The van der Waals surface area contributed by atoms with Crippen molar-refractivity contribution in [1.29, 1.82) is 0 Å². The van der Waals surface area contributed by atoms with Gasteiger partial charge in [-0.1, -0.05) is 0 Å². The van der Waals surface area contributed by atoms with E-state index in [-0.39, 0.29) is 11.3 Å². The van der Waals surface area contributed by atoms with Crippen LogP contribution in [0.2, 0.25) is 0 Å². The first-order valence-electron chi connectivity index (χ1n) is 5.61. The second-order valence-electron chi connectivity index (χ2n) is 3.92. The Bertz CT molecular complexity index is 662. The van der Waals surface area contributed by atoms with Crippen LogP contribution in [-0.4, -0.2) is 13.0 Å². The zero-order chi connectivity index (χ0) is 14.7. The third-order valence-electron chi connectivity index (χ3n) is 2.60. The van der Waals surface area contributed by atoms with Crippen LogP contribution in [0.1, 0.15) is 10.4 Å². The van der Waals surface area contributed by atoms with E-state index >= 15 is 0 Å². The fourth-order valence-corrected chi connectivity index (χ4v) is 2.31. The molecule has 2 aromatic carbocycles. The van der Waals surface area contributed by atoms with Gasteiger partial charge in [-0.15, -0.1) is 0 Å². The van der Waals surface area contributed by atoms with Crippen molar-refractivity contribution in [3.8, 4) is 5.75 Å². The van der Waals surface area contributed by atoms with Gasteiger partial charge in [-0.3, -0.25) is 4.79 Å². The number of carbonyl (C=O) groups excluding carboxylic acids is 1. The molecule has 0 heterocycles. The van der Waals surface area contributed by atoms with Crippen molar-refractivity contribution in [3.63, 3.8) is 0 Å². The average Bonchev–Trinajstić information content (AvgIpc) is 2.41. The van der Waals surface area contributed by atoms with Crippen LogP contribution < -0.4 is 10.1 Å². The first-order chi connectivity index (χ1) is 9.51. The van der Waals surface area contributed by atoms with Crippen molar-refractivity contribution in [2.75, 3.05) is 12.4 Å². The molecule has 104 valence electrons. The van der Waals surface area contributed by atoms with Gasteiger partial charge in [0.2, 0.25) is 0 Å². The van der Waals surface area contributed by atoms with E-state index in [9.17, 15) is 13.6 Å². The van der Waals surface area contributed by atoms with Gasteiger partial charge in [0.15, 0.2) is 0 Å². The van der Waals surface area contributed by atoms with E-state index in [1.165, 1.54) is 43.5 Å². The highest BCUT2D eigenvalue weighted by Gasteiger charge is 2.13. The molecule has 0 aliphatic heterocycles. The fourth-order valence-electron chi connectivity index (χ4n) is 1.59. The lowest BCUT2D eigenvalue weighted by Gasteiger charge is -2.09. The molecule has 0 saturated heterocycles. The van der Waals surface area contributed by atoms with Crippen LogP contribution >= 0.6 is 22.6 Å². The number of ether oxygens (including phenoxy) is 1. The van der Waals surface area contributed by atoms with Crippen LogP contribution in [0.5, 0.6) is 5.75 Å². The van der Waals surface area contributed by atoms with Crippen molar-refractivity contribution in [3.05, 3.63) is 57.2 Å². The largest absolute Gasteiger partial charge is 0.497 e. The number of halogens is 3. The highest BCUT2D eigenvalue weighted by atomic mass is 127. The molecule has 0 bridgehead atoms. The Morgan fingerprint density at radius 2 is 1.95 bits per heavy atom. The van der Waals surface area contributed by atoms with Gasteiger partial charge < -0.3 is 10.1 Å². The SMILES string of the molecule is COc1ccc(F)c(NC(=O)c2ccc(F)cc2I)c1.